The first kappa shape index (κ1) is 10.4. The standard InChI is InChI=1S/C10H18O/c1-3-5-6-7-9-10(11)8-4-2/h3,5-6,10-11H,1,4,7-9H2,2H3/b6-5+. The third kappa shape index (κ3) is 7.34. The topological polar surface area (TPSA) is 20.2 Å². The van der Waals surface area contributed by atoms with Gasteiger partial charge in [-0.15, -0.1) is 0 Å². The van der Waals surface area contributed by atoms with E-state index in [4.69, 9.17) is 0 Å². The van der Waals surface area contributed by atoms with Gasteiger partial charge in [-0.25, -0.2) is 0 Å². The van der Waals surface area contributed by atoms with Gasteiger partial charge in [-0.3, -0.25) is 0 Å². The average Bonchev–Trinajstić information content (AvgIpc) is 1.99. The fourth-order valence-corrected chi connectivity index (χ4v) is 0.959. The molecule has 11 heavy (non-hydrogen) atoms. The van der Waals surface area contributed by atoms with Crippen LogP contribution < -0.4 is 0 Å². The molecule has 0 aromatic heterocycles. The van der Waals surface area contributed by atoms with Crippen LogP contribution in [0.3, 0.4) is 0 Å². The van der Waals surface area contributed by atoms with E-state index in [2.05, 4.69) is 13.5 Å². The quantitative estimate of drug-likeness (QED) is 0.583. The molecule has 0 saturated carbocycles. The third-order valence-corrected chi connectivity index (χ3v) is 1.56. The van der Waals surface area contributed by atoms with Crippen LogP contribution in [0.1, 0.15) is 32.6 Å². The highest BCUT2D eigenvalue weighted by molar-refractivity contribution is 4.96. The summed E-state index contributed by atoms with van der Waals surface area (Å²) in [4.78, 5) is 0. The van der Waals surface area contributed by atoms with Gasteiger partial charge in [0.2, 0.25) is 0 Å². The maximum Gasteiger partial charge on any atom is 0.0543 e. The Morgan fingerprint density at radius 1 is 1.45 bits per heavy atom. The maximum atomic E-state index is 9.29. The molecule has 0 saturated heterocycles. The number of aliphatic hydroxyl groups is 1. The minimum Gasteiger partial charge on any atom is -0.393 e. The van der Waals surface area contributed by atoms with Crippen LogP contribution in [0.4, 0.5) is 0 Å². The zero-order valence-electron chi connectivity index (χ0n) is 7.29. The Morgan fingerprint density at radius 3 is 2.73 bits per heavy atom. The summed E-state index contributed by atoms with van der Waals surface area (Å²) in [6.07, 6.45) is 9.39. The van der Waals surface area contributed by atoms with E-state index in [0.29, 0.717) is 0 Å². The highest BCUT2D eigenvalue weighted by Gasteiger charge is 1.98. The van der Waals surface area contributed by atoms with Crippen molar-refractivity contribution in [2.24, 2.45) is 0 Å². The van der Waals surface area contributed by atoms with Crippen molar-refractivity contribution in [2.75, 3.05) is 0 Å². The molecule has 1 N–H and O–H groups in total. The molecule has 0 aliphatic rings. The van der Waals surface area contributed by atoms with Crippen LogP contribution in [0.5, 0.6) is 0 Å². The SMILES string of the molecule is C=C/C=C/CCC(O)CCC. The first-order valence-corrected chi connectivity index (χ1v) is 4.26. The first-order valence-electron chi connectivity index (χ1n) is 4.26. The fourth-order valence-electron chi connectivity index (χ4n) is 0.959. The summed E-state index contributed by atoms with van der Waals surface area (Å²) < 4.78 is 0. The van der Waals surface area contributed by atoms with E-state index in [-0.39, 0.29) is 6.10 Å². The molecule has 1 atom stereocenters. The van der Waals surface area contributed by atoms with Crippen molar-refractivity contribution in [3.8, 4) is 0 Å². The van der Waals surface area contributed by atoms with Gasteiger partial charge in [-0.1, -0.05) is 38.2 Å². The van der Waals surface area contributed by atoms with E-state index in [0.717, 1.165) is 25.7 Å². The van der Waals surface area contributed by atoms with Crippen LogP contribution in [0.15, 0.2) is 24.8 Å². The van der Waals surface area contributed by atoms with Gasteiger partial charge < -0.3 is 5.11 Å². The molecule has 0 spiro atoms. The maximum absolute atomic E-state index is 9.29. The minimum atomic E-state index is -0.116. The second-order valence-corrected chi connectivity index (χ2v) is 2.68. The summed E-state index contributed by atoms with van der Waals surface area (Å²) in [6, 6.07) is 0. The number of hydrogen-bond donors (Lipinski definition) is 1. The Bertz CT molecular complexity index is 116. The Kier molecular flexibility index (Phi) is 7.16. The predicted molar refractivity (Wildman–Crippen MR) is 49.5 cm³/mol. The zero-order valence-corrected chi connectivity index (χ0v) is 7.29. The normalized spacial score (nSPS) is 13.6. The van der Waals surface area contributed by atoms with Gasteiger partial charge in [-0.2, -0.15) is 0 Å². The second-order valence-electron chi connectivity index (χ2n) is 2.68. The molecule has 0 aliphatic heterocycles. The summed E-state index contributed by atoms with van der Waals surface area (Å²) in [7, 11) is 0. The molecular formula is C10H18O. The Morgan fingerprint density at radius 2 is 2.18 bits per heavy atom. The minimum absolute atomic E-state index is 0.116. The highest BCUT2D eigenvalue weighted by atomic mass is 16.3. The van der Waals surface area contributed by atoms with Crippen molar-refractivity contribution < 1.29 is 5.11 Å². The summed E-state index contributed by atoms with van der Waals surface area (Å²) >= 11 is 0. The first-order chi connectivity index (χ1) is 5.31. The van der Waals surface area contributed by atoms with E-state index in [1.54, 1.807) is 6.08 Å². The fraction of sp³-hybridized carbons (Fsp3) is 0.600. The van der Waals surface area contributed by atoms with Crippen molar-refractivity contribution in [1.82, 2.24) is 0 Å². The van der Waals surface area contributed by atoms with Gasteiger partial charge >= 0.3 is 0 Å². The lowest BCUT2D eigenvalue weighted by Gasteiger charge is -2.05. The van der Waals surface area contributed by atoms with Gasteiger partial charge in [0.15, 0.2) is 0 Å². The number of hydrogen-bond acceptors (Lipinski definition) is 1. The van der Waals surface area contributed by atoms with Crippen LogP contribution in [0.25, 0.3) is 0 Å². The van der Waals surface area contributed by atoms with Crippen LogP contribution in [0, 0.1) is 0 Å². The van der Waals surface area contributed by atoms with E-state index >= 15 is 0 Å². The largest absolute Gasteiger partial charge is 0.393 e. The average molecular weight is 154 g/mol. The molecule has 64 valence electrons. The van der Waals surface area contributed by atoms with Crippen LogP contribution in [-0.4, -0.2) is 11.2 Å². The molecule has 0 heterocycles. The number of allylic oxidation sites excluding steroid dienone is 3. The molecule has 0 bridgehead atoms. The molecule has 0 rings (SSSR count). The van der Waals surface area contributed by atoms with Crippen molar-refractivity contribution in [3.05, 3.63) is 24.8 Å². The van der Waals surface area contributed by atoms with Crippen LogP contribution in [-0.2, 0) is 0 Å². The number of rotatable bonds is 6. The Labute approximate surface area is 69.4 Å². The summed E-state index contributed by atoms with van der Waals surface area (Å²) in [6.45, 7) is 5.65. The van der Waals surface area contributed by atoms with Crippen molar-refractivity contribution in [3.63, 3.8) is 0 Å². The van der Waals surface area contributed by atoms with Crippen LogP contribution in [0.2, 0.25) is 0 Å². The molecule has 1 unspecified atom stereocenters. The summed E-state index contributed by atoms with van der Waals surface area (Å²) in [5.74, 6) is 0. The van der Waals surface area contributed by atoms with Crippen molar-refractivity contribution in [1.29, 1.82) is 0 Å². The predicted octanol–water partition coefficient (Wildman–Crippen LogP) is 2.67. The molecular weight excluding hydrogens is 136 g/mol. The Hall–Kier alpha value is -0.560. The van der Waals surface area contributed by atoms with Gasteiger partial charge in [0, 0.05) is 0 Å². The van der Waals surface area contributed by atoms with Crippen molar-refractivity contribution in [2.45, 2.75) is 38.7 Å². The molecule has 0 aromatic rings. The lowest BCUT2D eigenvalue weighted by atomic mass is 10.1. The summed E-state index contributed by atoms with van der Waals surface area (Å²) in [5, 5.41) is 9.29. The molecule has 0 amide bonds. The van der Waals surface area contributed by atoms with Gasteiger partial charge in [0.25, 0.3) is 0 Å². The Balaban J connectivity index is 3.22. The third-order valence-electron chi connectivity index (χ3n) is 1.56. The van der Waals surface area contributed by atoms with Crippen LogP contribution >= 0.6 is 0 Å². The van der Waals surface area contributed by atoms with Gasteiger partial charge in [0.1, 0.15) is 0 Å². The molecule has 0 radical (unpaired) electrons. The molecule has 0 aliphatic carbocycles. The monoisotopic (exact) mass is 154 g/mol. The van der Waals surface area contributed by atoms with E-state index in [1.807, 2.05) is 12.2 Å². The molecule has 0 fully saturated rings. The highest BCUT2D eigenvalue weighted by Crippen LogP contribution is 2.04. The van der Waals surface area contributed by atoms with Crippen molar-refractivity contribution >= 4 is 0 Å². The summed E-state index contributed by atoms with van der Waals surface area (Å²) in [5.41, 5.74) is 0. The van der Waals surface area contributed by atoms with E-state index < -0.39 is 0 Å². The molecule has 1 heteroatoms. The lowest BCUT2D eigenvalue weighted by Crippen LogP contribution is -2.04. The van der Waals surface area contributed by atoms with Gasteiger partial charge in [0.05, 0.1) is 6.10 Å². The second kappa shape index (κ2) is 7.55. The van der Waals surface area contributed by atoms with E-state index in [1.165, 1.54) is 0 Å². The van der Waals surface area contributed by atoms with E-state index in [9.17, 15) is 5.11 Å². The zero-order chi connectivity index (χ0) is 8.53. The molecule has 1 nitrogen and oxygen atoms in total. The smallest absolute Gasteiger partial charge is 0.0543 e. The number of aliphatic hydroxyl groups excluding tert-OH is 1. The lowest BCUT2D eigenvalue weighted by molar-refractivity contribution is 0.155. The molecule has 0 aromatic carbocycles. The van der Waals surface area contributed by atoms with Gasteiger partial charge in [-0.05, 0) is 19.3 Å².